The second kappa shape index (κ2) is 6.92. The Labute approximate surface area is 135 Å². The molecule has 0 amide bonds. The third-order valence-electron chi connectivity index (χ3n) is 3.68. The molecule has 116 valence electrons. The molecule has 0 aliphatic carbocycles. The minimum Gasteiger partial charge on any atom is -0.436 e. The maximum absolute atomic E-state index is 5.84. The molecule has 0 unspecified atom stereocenters. The highest BCUT2D eigenvalue weighted by atomic mass is 16.3. The van der Waals surface area contributed by atoms with Crippen LogP contribution in [0.3, 0.4) is 0 Å². The molecule has 4 aromatic rings. The van der Waals surface area contributed by atoms with E-state index in [-0.39, 0.29) is 0 Å². The van der Waals surface area contributed by atoms with Crippen molar-refractivity contribution in [1.82, 2.24) is 15.0 Å². The van der Waals surface area contributed by atoms with Crippen LogP contribution in [-0.4, -0.2) is 15.0 Å². The Bertz CT molecular complexity index is 847. The fraction of sp³-hybridized carbons (Fsp3) is 0.158. The largest absolute Gasteiger partial charge is 0.436 e. The van der Waals surface area contributed by atoms with E-state index in [1.54, 1.807) is 18.7 Å². The normalized spacial score (nSPS) is 10.3. The van der Waals surface area contributed by atoms with Crippen molar-refractivity contribution in [2.45, 2.75) is 20.3 Å². The molecule has 1 N–H and O–H groups in total. The number of nitrogens with one attached hydrogen (secondary N) is 1. The number of fused-ring (bicyclic) bond motifs is 1. The number of aromatic amines is 1. The van der Waals surface area contributed by atoms with E-state index in [0.29, 0.717) is 5.89 Å². The van der Waals surface area contributed by atoms with E-state index in [9.17, 15) is 0 Å². The van der Waals surface area contributed by atoms with Gasteiger partial charge < -0.3 is 9.40 Å². The first kappa shape index (κ1) is 15.0. The molecule has 0 saturated heterocycles. The molecule has 0 fully saturated rings. The number of rotatable bonds is 2. The minimum atomic E-state index is 0.700. The van der Waals surface area contributed by atoms with Crippen LogP contribution >= 0.6 is 0 Å². The summed E-state index contributed by atoms with van der Waals surface area (Å²) in [6.07, 6.45) is 6.06. The average Bonchev–Trinajstić information content (AvgIpc) is 3.28. The predicted molar refractivity (Wildman–Crippen MR) is 92.1 cm³/mol. The summed E-state index contributed by atoms with van der Waals surface area (Å²) in [5, 5.41) is 0. The first-order chi connectivity index (χ1) is 11.3. The second-order valence-electron chi connectivity index (χ2n) is 5.21. The molecule has 4 heteroatoms. The molecule has 4 rings (SSSR count). The quantitative estimate of drug-likeness (QED) is 0.580. The van der Waals surface area contributed by atoms with Gasteiger partial charge in [-0.3, -0.25) is 0 Å². The van der Waals surface area contributed by atoms with Gasteiger partial charge in [-0.2, -0.15) is 0 Å². The number of hydrogen-bond donors (Lipinski definition) is 1. The monoisotopic (exact) mass is 305 g/mol. The number of aromatic nitrogens is 3. The van der Waals surface area contributed by atoms with Crippen molar-refractivity contribution in [2.75, 3.05) is 0 Å². The molecular weight excluding hydrogens is 286 g/mol. The Kier molecular flexibility index (Phi) is 4.52. The summed E-state index contributed by atoms with van der Waals surface area (Å²) in [6, 6.07) is 14.1. The third-order valence-corrected chi connectivity index (χ3v) is 3.68. The molecule has 2 aromatic heterocycles. The molecule has 0 bridgehead atoms. The van der Waals surface area contributed by atoms with Crippen LogP contribution in [-0.2, 0) is 6.42 Å². The smallest absolute Gasteiger partial charge is 0.227 e. The zero-order valence-corrected chi connectivity index (χ0v) is 13.3. The SMILES string of the molecule is CCc1c(C)ccc2oc(-c3ccccc3)nc12.c1c[nH]cn1. The van der Waals surface area contributed by atoms with Gasteiger partial charge in [0.15, 0.2) is 5.58 Å². The Morgan fingerprint density at radius 1 is 1.09 bits per heavy atom. The van der Waals surface area contributed by atoms with Gasteiger partial charge in [-0.05, 0) is 42.7 Å². The topological polar surface area (TPSA) is 54.7 Å². The van der Waals surface area contributed by atoms with Gasteiger partial charge in [0.05, 0.1) is 6.33 Å². The highest BCUT2D eigenvalue weighted by Gasteiger charge is 2.11. The zero-order chi connectivity index (χ0) is 16.1. The number of benzene rings is 2. The van der Waals surface area contributed by atoms with Crippen LogP contribution in [0.1, 0.15) is 18.1 Å². The first-order valence-electron chi connectivity index (χ1n) is 7.66. The highest BCUT2D eigenvalue weighted by molar-refractivity contribution is 5.80. The van der Waals surface area contributed by atoms with Crippen molar-refractivity contribution in [2.24, 2.45) is 0 Å². The lowest BCUT2D eigenvalue weighted by Crippen LogP contribution is -1.87. The van der Waals surface area contributed by atoms with Crippen molar-refractivity contribution in [3.05, 3.63) is 72.3 Å². The zero-order valence-electron chi connectivity index (χ0n) is 13.3. The second-order valence-corrected chi connectivity index (χ2v) is 5.21. The van der Waals surface area contributed by atoms with Crippen LogP contribution in [0.4, 0.5) is 0 Å². The number of H-pyrrole nitrogens is 1. The number of aryl methyl sites for hydroxylation is 2. The fourth-order valence-electron chi connectivity index (χ4n) is 2.51. The molecule has 0 aliphatic rings. The Hall–Kier alpha value is -2.88. The van der Waals surface area contributed by atoms with E-state index >= 15 is 0 Å². The van der Waals surface area contributed by atoms with E-state index in [2.05, 4.69) is 34.9 Å². The first-order valence-corrected chi connectivity index (χ1v) is 7.66. The number of nitrogens with zero attached hydrogens (tertiary/aromatic N) is 2. The van der Waals surface area contributed by atoms with Gasteiger partial charge in [0.2, 0.25) is 5.89 Å². The van der Waals surface area contributed by atoms with Gasteiger partial charge in [-0.25, -0.2) is 9.97 Å². The summed E-state index contributed by atoms with van der Waals surface area (Å²) < 4.78 is 5.84. The lowest BCUT2D eigenvalue weighted by molar-refractivity contribution is 0.620. The molecule has 0 radical (unpaired) electrons. The van der Waals surface area contributed by atoms with Gasteiger partial charge in [0, 0.05) is 18.0 Å². The molecule has 2 aromatic carbocycles. The summed E-state index contributed by atoms with van der Waals surface area (Å²) in [4.78, 5) is 11.1. The van der Waals surface area contributed by atoms with Crippen LogP contribution in [0.5, 0.6) is 0 Å². The van der Waals surface area contributed by atoms with E-state index < -0.39 is 0 Å². The van der Waals surface area contributed by atoms with Gasteiger partial charge in [-0.1, -0.05) is 31.2 Å². The highest BCUT2D eigenvalue weighted by Crippen LogP contribution is 2.28. The summed E-state index contributed by atoms with van der Waals surface area (Å²) in [6.45, 7) is 4.27. The molecule has 4 nitrogen and oxygen atoms in total. The van der Waals surface area contributed by atoms with Gasteiger partial charge in [0.25, 0.3) is 0 Å². The Balaban J connectivity index is 0.000000267. The van der Waals surface area contributed by atoms with E-state index in [0.717, 1.165) is 23.1 Å². The predicted octanol–water partition coefficient (Wildman–Crippen LogP) is 4.78. The van der Waals surface area contributed by atoms with Crippen LogP contribution in [0.25, 0.3) is 22.6 Å². The Morgan fingerprint density at radius 3 is 2.52 bits per heavy atom. The van der Waals surface area contributed by atoms with Crippen LogP contribution in [0, 0.1) is 6.92 Å². The van der Waals surface area contributed by atoms with E-state index in [4.69, 9.17) is 4.42 Å². The Morgan fingerprint density at radius 2 is 1.91 bits per heavy atom. The number of imidazole rings is 1. The maximum atomic E-state index is 5.84. The van der Waals surface area contributed by atoms with Crippen LogP contribution < -0.4 is 0 Å². The van der Waals surface area contributed by atoms with Crippen molar-refractivity contribution in [1.29, 1.82) is 0 Å². The van der Waals surface area contributed by atoms with E-state index in [1.807, 2.05) is 36.4 Å². The molecule has 0 saturated carbocycles. The molecule has 0 spiro atoms. The summed E-state index contributed by atoms with van der Waals surface area (Å²) in [5.74, 6) is 0.700. The molecule has 2 heterocycles. The van der Waals surface area contributed by atoms with Gasteiger partial charge >= 0.3 is 0 Å². The third kappa shape index (κ3) is 3.31. The van der Waals surface area contributed by atoms with E-state index in [1.165, 1.54) is 11.1 Å². The van der Waals surface area contributed by atoms with Crippen molar-refractivity contribution in [3.8, 4) is 11.5 Å². The molecule has 23 heavy (non-hydrogen) atoms. The number of oxazole rings is 1. The van der Waals surface area contributed by atoms with Crippen molar-refractivity contribution >= 4 is 11.1 Å². The standard InChI is InChI=1S/C16H15NO.C3H4N2/c1-3-13-11(2)9-10-14-15(13)17-16(18-14)12-7-5-4-6-8-12;1-2-5-3-4-1/h4-10H,3H2,1-2H3;1-3H,(H,4,5). The van der Waals surface area contributed by atoms with Gasteiger partial charge in [-0.15, -0.1) is 0 Å². The summed E-state index contributed by atoms with van der Waals surface area (Å²) in [5.41, 5.74) is 5.44. The molecular formula is C19H19N3O. The van der Waals surface area contributed by atoms with Gasteiger partial charge in [0.1, 0.15) is 5.52 Å². The molecule has 0 atom stereocenters. The van der Waals surface area contributed by atoms with Crippen molar-refractivity contribution in [3.63, 3.8) is 0 Å². The average molecular weight is 305 g/mol. The lowest BCUT2D eigenvalue weighted by Gasteiger charge is -2.01. The van der Waals surface area contributed by atoms with Crippen LogP contribution in [0.15, 0.2) is 65.6 Å². The maximum Gasteiger partial charge on any atom is 0.227 e. The summed E-state index contributed by atoms with van der Waals surface area (Å²) >= 11 is 0. The van der Waals surface area contributed by atoms with Crippen LogP contribution in [0.2, 0.25) is 0 Å². The summed E-state index contributed by atoms with van der Waals surface area (Å²) in [7, 11) is 0. The van der Waals surface area contributed by atoms with Crippen molar-refractivity contribution < 1.29 is 4.42 Å². The minimum absolute atomic E-state index is 0.700. The molecule has 0 aliphatic heterocycles. The fourth-order valence-corrected chi connectivity index (χ4v) is 2.51. The lowest BCUT2D eigenvalue weighted by atomic mass is 10.1. The number of hydrogen-bond acceptors (Lipinski definition) is 3.